The highest BCUT2D eigenvalue weighted by molar-refractivity contribution is 5.59. The fraction of sp³-hybridized carbons (Fsp3) is 0.167. The lowest BCUT2D eigenvalue weighted by atomic mass is 10.1. The molecular formula is C12H12N2O. The minimum Gasteiger partial charge on any atom is -0.392 e. The largest absolute Gasteiger partial charge is 0.392 e. The molecule has 0 aromatic carbocycles. The van der Waals surface area contributed by atoms with Gasteiger partial charge in [0.25, 0.3) is 0 Å². The van der Waals surface area contributed by atoms with Gasteiger partial charge in [-0.05, 0) is 36.2 Å². The normalized spacial score (nSPS) is 10.3. The van der Waals surface area contributed by atoms with Crippen LogP contribution in [0.2, 0.25) is 0 Å². The smallest absolute Gasteiger partial charge is 0.0720 e. The minimum atomic E-state index is 0.00660. The first-order chi connectivity index (χ1) is 7.29. The van der Waals surface area contributed by atoms with Gasteiger partial charge < -0.3 is 5.11 Å². The molecule has 3 nitrogen and oxygen atoms in total. The molecule has 0 amide bonds. The van der Waals surface area contributed by atoms with Crippen molar-refractivity contribution < 1.29 is 5.11 Å². The number of hydrogen-bond acceptors (Lipinski definition) is 3. The van der Waals surface area contributed by atoms with Gasteiger partial charge in [-0.2, -0.15) is 0 Å². The molecule has 0 atom stereocenters. The first-order valence-corrected chi connectivity index (χ1v) is 4.77. The van der Waals surface area contributed by atoms with Crippen molar-refractivity contribution in [2.24, 2.45) is 0 Å². The zero-order valence-corrected chi connectivity index (χ0v) is 8.51. The Kier molecular flexibility index (Phi) is 2.74. The third-order valence-corrected chi connectivity index (χ3v) is 2.19. The summed E-state index contributed by atoms with van der Waals surface area (Å²) in [6.45, 7) is 2.03. The molecule has 0 saturated carbocycles. The van der Waals surface area contributed by atoms with Crippen LogP contribution >= 0.6 is 0 Å². The summed E-state index contributed by atoms with van der Waals surface area (Å²) in [5, 5.41) is 9.00. The number of nitrogens with zero attached hydrogens (tertiary/aromatic N) is 2. The highest BCUT2D eigenvalue weighted by Crippen LogP contribution is 2.17. The van der Waals surface area contributed by atoms with Gasteiger partial charge in [0.05, 0.1) is 12.3 Å². The van der Waals surface area contributed by atoms with Crippen molar-refractivity contribution in [3.63, 3.8) is 0 Å². The second-order valence-electron chi connectivity index (χ2n) is 3.46. The van der Waals surface area contributed by atoms with E-state index in [1.165, 1.54) is 0 Å². The molecule has 3 heteroatoms. The Hall–Kier alpha value is -1.74. The third-order valence-electron chi connectivity index (χ3n) is 2.19. The van der Waals surface area contributed by atoms with Crippen molar-refractivity contribution in [2.45, 2.75) is 13.5 Å². The molecule has 2 aromatic rings. The molecular weight excluding hydrogens is 188 g/mol. The van der Waals surface area contributed by atoms with E-state index < -0.39 is 0 Å². The maximum atomic E-state index is 9.00. The number of aliphatic hydroxyl groups excluding tert-OH is 1. The molecule has 76 valence electrons. The summed E-state index contributed by atoms with van der Waals surface area (Å²) in [6, 6.07) is 5.85. The van der Waals surface area contributed by atoms with Gasteiger partial charge in [0.2, 0.25) is 0 Å². The average molecular weight is 200 g/mol. The van der Waals surface area contributed by atoms with Gasteiger partial charge in [-0.3, -0.25) is 9.97 Å². The van der Waals surface area contributed by atoms with Crippen LogP contribution in [0.4, 0.5) is 0 Å². The topological polar surface area (TPSA) is 46.0 Å². The van der Waals surface area contributed by atoms with Crippen molar-refractivity contribution in [2.75, 3.05) is 0 Å². The number of aryl methyl sites for hydroxylation is 1. The number of hydrogen-bond donors (Lipinski definition) is 1. The lowest BCUT2D eigenvalue weighted by Crippen LogP contribution is -1.89. The summed E-state index contributed by atoms with van der Waals surface area (Å²) in [5.41, 5.74) is 3.79. The van der Waals surface area contributed by atoms with Crippen LogP contribution in [-0.2, 0) is 6.61 Å². The van der Waals surface area contributed by atoms with Crippen molar-refractivity contribution in [3.05, 3.63) is 47.9 Å². The predicted molar refractivity (Wildman–Crippen MR) is 58.1 cm³/mol. The highest BCUT2D eigenvalue weighted by Gasteiger charge is 2.00. The first kappa shape index (κ1) is 9.80. The Morgan fingerprint density at radius 2 is 2.13 bits per heavy atom. The van der Waals surface area contributed by atoms with E-state index in [1.807, 2.05) is 25.1 Å². The van der Waals surface area contributed by atoms with Crippen molar-refractivity contribution >= 4 is 0 Å². The Labute approximate surface area is 88.5 Å². The van der Waals surface area contributed by atoms with Gasteiger partial charge in [-0.15, -0.1) is 0 Å². The standard InChI is InChI=1S/C12H12N2O/c1-9-2-3-14-12(4-9)11-5-10(8-15)6-13-7-11/h2-7,15H,8H2,1H3. The fourth-order valence-electron chi connectivity index (χ4n) is 1.41. The maximum absolute atomic E-state index is 9.00. The lowest BCUT2D eigenvalue weighted by molar-refractivity contribution is 0.281. The summed E-state index contributed by atoms with van der Waals surface area (Å²) in [4.78, 5) is 8.33. The number of rotatable bonds is 2. The second kappa shape index (κ2) is 4.19. The SMILES string of the molecule is Cc1ccnc(-c2cncc(CO)c2)c1. The van der Waals surface area contributed by atoms with Gasteiger partial charge in [-0.25, -0.2) is 0 Å². The quantitative estimate of drug-likeness (QED) is 0.805. The van der Waals surface area contributed by atoms with Crippen molar-refractivity contribution in [1.29, 1.82) is 0 Å². The van der Waals surface area contributed by atoms with Crippen LogP contribution in [0.1, 0.15) is 11.1 Å². The monoisotopic (exact) mass is 200 g/mol. The zero-order chi connectivity index (χ0) is 10.7. The molecule has 15 heavy (non-hydrogen) atoms. The molecule has 0 unspecified atom stereocenters. The van der Waals surface area contributed by atoms with Crippen LogP contribution < -0.4 is 0 Å². The summed E-state index contributed by atoms with van der Waals surface area (Å²) in [5.74, 6) is 0. The van der Waals surface area contributed by atoms with E-state index in [0.717, 1.165) is 22.4 Å². The fourth-order valence-corrected chi connectivity index (χ4v) is 1.41. The molecule has 0 aliphatic carbocycles. The van der Waals surface area contributed by atoms with Crippen LogP contribution in [0.25, 0.3) is 11.3 Å². The van der Waals surface area contributed by atoms with Crippen LogP contribution in [0.3, 0.4) is 0 Å². The number of pyridine rings is 2. The summed E-state index contributed by atoms with van der Waals surface area (Å²) >= 11 is 0. The van der Waals surface area contributed by atoms with Gasteiger partial charge in [0, 0.05) is 24.2 Å². The van der Waals surface area contributed by atoms with E-state index in [4.69, 9.17) is 5.11 Å². The van der Waals surface area contributed by atoms with E-state index in [9.17, 15) is 0 Å². The molecule has 0 radical (unpaired) electrons. The van der Waals surface area contributed by atoms with Crippen molar-refractivity contribution in [3.8, 4) is 11.3 Å². The molecule has 0 aliphatic heterocycles. The Morgan fingerprint density at radius 3 is 2.87 bits per heavy atom. The van der Waals surface area contributed by atoms with Crippen LogP contribution in [0.15, 0.2) is 36.8 Å². The molecule has 1 N–H and O–H groups in total. The van der Waals surface area contributed by atoms with E-state index in [-0.39, 0.29) is 6.61 Å². The third kappa shape index (κ3) is 2.19. The molecule has 2 aromatic heterocycles. The van der Waals surface area contributed by atoms with E-state index >= 15 is 0 Å². The van der Waals surface area contributed by atoms with Gasteiger partial charge in [0.15, 0.2) is 0 Å². The van der Waals surface area contributed by atoms with Gasteiger partial charge in [-0.1, -0.05) is 0 Å². The van der Waals surface area contributed by atoms with Gasteiger partial charge in [0.1, 0.15) is 0 Å². The van der Waals surface area contributed by atoms with Crippen LogP contribution in [0, 0.1) is 6.92 Å². The van der Waals surface area contributed by atoms with Crippen molar-refractivity contribution in [1.82, 2.24) is 9.97 Å². The molecule has 2 rings (SSSR count). The van der Waals surface area contributed by atoms with Crippen LogP contribution in [-0.4, -0.2) is 15.1 Å². The minimum absolute atomic E-state index is 0.00660. The lowest BCUT2D eigenvalue weighted by Gasteiger charge is -2.02. The molecule has 0 spiro atoms. The molecule has 0 bridgehead atoms. The average Bonchev–Trinajstić information content (AvgIpc) is 2.29. The number of aliphatic hydroxyl groups is 1. The molecule has 0 saturated heterocycles. The van der Waals surface area contributed by atoms with E-state index in [2.05, 4.69) is 9.97 Å². The van der Waals surface area contributed by atoms with Crippen LogP contribution in [0.5, 0.6) is 0 Å². The molecule has 0 aliphatic rings. The summed E-state index contributed by atoms with van der Waals surface area (Å²) in [6.07, 6.45) is 5.18. The summed E-state index contributed by atoms with van der Waals surface area (Å²) < 4.78 is 0. The maximum Gasteiger partial charge on any atom is 0.0720 e. The zero-order valence-electron chi connectivity index (χ0n) is 8.51. The molecule has 2 heterocycles. The first-order valence-electron chi connectivity index (χ1n) is 4.77. The Bertz CT molecular complexity index is 469. The second-order valence-corrected chi connectivity index (χ2v) is 3.46. The molecule has 0 fully saturated rings. The Balaban J connectivity index is 2.44. The van der Waals surface area contributed by atoms with Gasteiger partial charge >= 0.3 is 0 Å². The van der Waals surface area contributed by atoms with E-state index in [1.54, 1.807) is 18.6 Å². The number of aromatic nitrogens is 2. The summed E-state index contributed by atoms with van der Waals surface area (Å²) in [7, 11) is 0. The predicted octanol–water partition coefficient (Wildman–Crippen LogP) is 1.94. The van der Waals surface area contributed by atoms with E-state index in [0.29, 0.717) is 0 Å². The Morgan fingerprint density at radius 1 is 1.27 bits per heavy atom. The highest BCUT2D eigenvalue weighted by atomic mass is 16.3.